The van der Waals surface area contributed by atoms with Crippen LogP contribution in [0.1, 0.15) is 10.6 Å². The molecule has 0 bridgehead atoms. The molecule has 0 saturated carbocycles. The topological polar surface area (TPSA) is 28.6 Å². The van der Waals surface area contributed by atoms with E-state index in [1.54, 1.807) is 29.5 Å². The predicted octanol–water partition coefficient (Wildman–Crippen LogP) is 5.19. The van der Waals surface area contributed by atoms with Gasteiger partial charge in [0, 0.05) is 48.2 Å². The summed E-state index contributed by atoms with van der Waals surface area (Å²) in [6, 6.07) is 14.5. The Hall–Kier alpha value is -2.31. The fourth-order valence-corrected chi connectivity index (χ4v) is 4.54. The van der Waals surface area contributed by atoms with Gasteiger partial charge in [-0.3, -0.25) is 0 Å². The number of hydrogen-bond donors (Lipinski definition) is 0. The molecule has 0 radical (unpaired) electrons. The standard InChI is InChI=1S/C22H23ClFN3OS/c1-16-20(10-15-28-21-5-3-2-4-19(21)24)25-22(29-16)27-13-11-26(12-14-27)18-8-6-17(23)7-9-18/h2-9H,10-15H2,1H3. The highest BCUT2D eigenvalue weighted by molar-refractivity contribution is 7.15. The van der Waals surface area contributed by atoms with Crippen LogP contribution in [0.4, 0.5) is 15.2 Å². The second kappa shape index (κ2) is 9.01. The molecule has 3 aromatic rings. The predicted molar refractivity (Wildman–Crippen MR) is 118 cm³/mol. The lowest BCUT2D eigenvalue weighted by Crippen LogP contribution is -2.46. The van der Waals surface area contributed by atoms with Crippen LogP contribution in [-0.2, 0) is 6.42 Å². The van der Waals surface area contributed by atoms with E-state index in [9.17, 15) is 4.39 Å². The lowest BCUT2D eigenvalue weighted by Gasteiger charge is -2.36. The summed E-state index contributed by atoms with van der Waals surface area (Å²) in [6.45, 7) is 6.26. The van der Waals surface area contributed by atoms with Crippen molar-refractivity contribution in [1.29, 1.82) is 0 Å². The summed E-state index contributed by atoms with van der Waals surface area (Å²) in [4.78, 5) is 10.7. The first kappa shape index (κ1) is 20.0. The van der Waals surface area contributed by atoms with Crippen LogP contribution in [0.25, 0.3) is 0 Å². The van der Waals surface area contributed by atoms with Crippen LogP contribution in [0.15, 0.2) is 48.5 Å². The van der Waals surface area contributed by atoms with Gasteiger partial charge in [0.05, 0.1) is 12.3 Å². The minimum absolute atomic E-state index is 0.291. The zero-order valence-corrected chi connectivity index (χ0v) is 17.8. The van der Waals surface area contributed by atoms with Crippen LogP contribution in [0.5, 0.6) is 5.75 Å². The van der Waals surface area contributed by atoms with E-state index in [-0.39, 0.29) is 5.82 Å². The smallest absolute Gasteiger partial charge is 0.185 e. The minimum Gasteiger partial charge on any atom is -0.490 e. The van der Waals surface area contributed by atoms with Gasteiger partial charge < -0.3 is 14.5 Å². The summed E-state index contributed by atoms with van der Waals surface area (Å²) in [5.41, 5.74) is 2.23. The van der Waals surface area contributed by atoms with Crippen molar-refractivity contribution in [2.45, 2.75) is 13.3 Å². The maximum Gasteiger partial charge on any atom is 0.185 e. The number of benzene rings is 2. The third-order valence-electron chi connectivity index (χ3n) is 5.06. The van der Waals surface area contributed by atoms with E-state index in [4.69, 9.17) is 21.3 Å². The maximum atomic E-state index is 13.7. The Kier molecular flexibility index (Phi) is 6.21. The van der Waals surface area contributed by atoms with Crippen LogP contribution in [0.2, 0.25) is 5.02 Å². The second-order valence-electron chi connectivity index (χ2n) is 6.98. The summed E-state index contributed by atoms with van der Waals surface area (Å²) in [5, 5.41) is 1.82. The summed E-state index contributed by atoms with van der Waals surface area (Å²) in [6.07, 6.45) is 0.668. The SMILES string of the molecule is Cc1sc(N2CCN(c3ccc(Cl)cc3)CC2)nc1CCOc1ccccc1F. The molecular formula is C22H23ClFN3OS. The molecule has 2 aromatic carbocycles. The van der Waals surface area contributed by atoms with Gasteiger partial charge in [-0.25, -0.2) is 9.37 Å². The lowest BCUT2D eigenvalue weighted by atomic mass is 10.2. The monoisotopic (exact) mass is 431 g/mol. The number of aryl methyl sites for hydroxylation is 1. The Labute approximate surface area is 179 Å². The number of thiazole rings is 1. The molecule has 4 rings (SSSR count). The van der Waals surface area contributed by atoms with Gasteiger partial charge in [0.15, 0.2) is 16.7 Å². The normalized spacial score (nSPS) is 14.3. The molecule has 0 amide bonds. The van der Waals surface area contributed by atoms with Gasteiger partial charge in [-0.2, -0.15) is 0 Å². The van der Waals surface area contributed by atoms with Crippen LogP contribution in [0.3, 0.4) is 0 Å². The summed E-state index contributed by atoms with van der Waals surface area (Å²) in [5.74, 6) is -0.0410. The highest BCUT2D eigenvalue weighted by atomic mass is 35.5. The Balaban J connectivity index is 1.32. The van der Waals surface area contributed by atoms with Crippen molar-refractivity contribution in [2.24, 2.45) is 0 Å². The Morgan fingerprint density at radius 1 is 1.03 bits per heavy atom. The number of hydrogen-bond acceptors (Lipinski definition) is 5. The molecule has 1 saturated heterocycles. The van der Waals surface area contributed by atoms with Crippen molar-refractivity contribution >= 4 is 33.8 Å². The average Bonchev–Trinajstić information content (AvgIpc) is 3.11. The number of rotatable bonds is 6. The highest BCUT2D eigenvalue weighted by Crippen LogP contribution is 2.28. The van der Waals surface area contributed by atoms with Crippen molar-refractivity contribution in [3.05, 3.63) is 69.9 Å². The van der Waals surface area contributed by atoms with E-state index in [2.05, 4.69) is 28.9 Å². The molecule has 7 heteroatoms. The first-order valence-electron chi connectivity index (χ1n) is 9.69. The number of piperazine rings is 1. The van der Waals surface area contributed by atoms with Crippen LogP contribution in [0, 0.1) is 12.7 Å². The number of nitrogens with zero attached hydrogens (tertiary/aromatic N) is 3. The van der Waals surface area contributed by atoms with Crippen molar-refractivity contribution in [1.82, 2.24) is 4.98 Å². The van der Waals surface area contributed by atoms with E-state index < -0.39 is 0 Å². The Morgan fingerprint density at radius 3 is 2.45 bits per heavy atom. The summed E-state index contributed by atoms with van der Waals surface area (Å²) < 4.78 is 19.2. The fourth-order valence-electron chi connectivity index (χ4n) is 3.41. The minimum atomic E-state index is -0.332. The van der Waals surface area contributed by atoms with Crippen LogP contribution in [-0.4, -0.2) is 37.8 Å². The highest BCUT2D eigenvalue weighted by Gasteiger charge is 2.21. The number of ether oxygens (including phenoxy) is 1. The molecule has 4 nitrogen and oxygen atoms in total. The number of anilines is 2. The van der Waals surface area contributed by atoms with E-state index >= 15 is 0 Å². The van der Waals surface area contributed by atoms with Crippen molar-refractivity contribution < 1.29 is 9.13 Å². The molecule has 0 unspecified atom stereocenters. The van der Waals surface area contributed by atoms with Gasteiger partial charge >= 0.3 is 0 Å². The quantitative estimate of drug-likeness (QED) is 0.536. The van der Waals surface area contributed by atoms with Gasteiger partial charge in [0.2, 0.25) is 0 Å². The third kappa shape index (κ3) is 4.82. The largest absolute Gasteiger partial charge is 0.490 e. The molecule has 0 aliphatic carbocycles. The molecule has 29 heavy (non-hydrogen) atoms. The van der Waals surface area contributed by atoms with Gasteiger partial charge in [0.1, 0.15) is 0 Å². The fraction of sp³-hybridized carbons (Fsp3) is 0.318. The number of aromatic nitrogens is 1. The second-order valence-corrected chi connectivity index (χ2v) is 8.60. The molecular weight excluding hydrogens is 409 g/mol. The van der Waals surface area contributed by atoms with Crippen molar-refractivity contribution in [3.8, 4) is 5.75 Å². The Morgan fingerprint density at radius 2 is 1.72 bits per heavy atom. The van der Waals surface area contributed by atoms with Crippen LogP contribution < -0.4 is 14.5 Å². The average molecular weight is 432 g/mol. The molecule has 2 heterocycles. The first-order valence-corrected chi connectivity index (χ1v) is 10.9. The zero-order chi connectivity index (χ0) is 20.2. The van der Waals surface area contributed by atoms with E-state index in [0.29, 0.717) is 18.8 Å². The number of halogens is 2. The van der Waals surface area contributed by atoms with Gasteiger partial charge in [0.25, 0.3) is 0 Å². The Bertz CT molecular complexity index is 955. The maximum absolute atomic E-state index is 13.7. The summed E-state index contributed by atoms with van der Waals surface area (Å²) >= 11 is 7.71. The summed E-state index contributed by atoms with van der Waals surface area (Å²) in [7, 11) is 0. The van der Waals surface area contributed by atoms with Crippen LogP contribution >= 0.6 is 22.9 Å². The molecule has 152 valence electrons. The molecule has 1 aliphatic rings. The molecule has 0 N–H and O–H groups in total. The molecule has 1 aliphatic heterocycles. The third-order valence-corrected chi connectivity index (χ3v) is 6.38. The van der Waals surface area contributed by atoms with Gasteiger partial charge in [-0.1, -0.05) is 23.7 Å². The van der Waals surface area contributed by atoms with E-state index in [0.717, 1.165) is 42.0 Å². The van der Waals surface area contributed by atoms with Crippen molar-refractivity contribution in [3.63, 3.8) is 0 Å². The number of para-hydroxylation sites is 1. The molecule has 0 spiro atoms. The molecule has 0 atom stereocenters. The van der Waals surface area contributed by atoms with E-state index in [1.807, 2.05) is 12.1 Å². The molecule has 1 fully saturated rings. The first-order chi connectivity index (χ1) is 14.1. The van der Waals surface area contributed by atoms with E-state index in [1.165, 1.54) is 16.6 Å². The molecule has 1 aromatic heterocycles. The zero-order valence-electron chi connectivity index (χ0n) is 16.3. The lowest BCUT2D eigenvalue weighted by molar-refractivity contribution is 0.304. The van der Waals surface area contributed by atoms with Gasteiger partial charge in [-0.15, -0.1) is 11.3 Å². The van der Waals surface area contributed by atoms with Gasteiger partial charge in [-0.05, 0) is 43.3 Å². The van der Waals surface area contributed by atoms with Crippen molar-refractivity contribution in [2.75, 3.05) is 42.6 Å².